The lowest BCUT2D eigenvalue weighted by atomic mass is 10.1. The minimum atomic E-state index is -3.91. The third kappa shape index (κ3) is 5.04. The molecule has 0 saturated heterocycles. The fourth-order valence-electron chi connectivity index (χ4n) is 1.88. The molecule has 0 aliphatic rings. The highest BCUT2D eigenvalue weighted by Gasteiger charge is 2.31. The number of rotatable bonds is 7. The van der Waals surface area contributed by atoms with Crippen molar-refractivity contribution in [3.05, 3.63) is 29.3 Å². The number of benzene rings is 1. The van der Waals surface area contributed by atoms with Crippen LogP contribution in [-0.2, 0) is 24.3 Å². The first-order chi connectivity index (χ1) is 11.0. The largest absolute Gasteiger partial charge is 0.451 e. The second kappa shape index (κ2) is 7.76. The normalized spacial score (nSPS) is 14.2. The van der Waals surface area contributed by atoms with Gasteiger partial charge in [0.25, 0.3) is 5.91 Å². The summed E-state index contributed by atoms with van der Waals surface area (Å²) in [5, 5.41) is 0. The van der Waals surface area contributed by atoms with Crippen molar-refractivity contribution in [2.75, 3.05) is 0 Å². The molecule has 0 heterocycles. The number of nitrogens with two attached hydrogens (primary N) is 1. The molecule has 8 heteroatoms. The summed E-state index contributed by atoms with van der Waals surface area (Å²) in [5.41, 5.74) is 6.84. The lowest BCUT2D eigenvalue weighted by Gasteiger charge is -2.22. The Bertz CT molecular complexity index is 728. The summed E-state index contributed by atoms with van der Waals surface area (Å²) < 4.78 is 32.3. The second-order valence-electron chi connectivity index (χ2n) is 6.07. The Labute approximate surface area is 142 Å². The van der Waals surface area contributed by atoms with E-state index in [0.717, 1.165) is 11.1 Å². The first-order valence-electron chi connectivity index (χ1n) is 7.55. The molecule has 3 N–H and O–H groups in total. The van der Waals surface area contributed by atoms with Gasteiger partial charge in [-0.3, -0.25) is 9.59 Å². The summed E-state index contributed by atoms with van der Waals surface area (Å²) in [4.78, 5) is 23.2. The van der Waals surface area contributed by atoms with Gasteiger partial charge in [0.15, 0.2) is 6.10 Å². The number of esters is 1. The molecule has 1 aromatic rings. The van der Waals surface area contributed by atoms with E-state index in [1.165, 1.54) is 19.1 Å². The van der Waals surface area contributed by atoms with Crippen LogP contribution in [-0.4, -0.2) is 32.4 Å². The third-order valence-electron chi connectivity index (χ3n) is 3.68. The van der Waals surface area contributed by atoms with Crippen LogP contribution in [0.25, 0.3) is 0 Å². The number of carbonyl (C=O) groups excluding carboxylic acids is 2. The molecule has 7 nitrogen and oxygen atoms in total. The first kappa shape index (κ1) is 20.1. The van der Waals surface area contributed by atoms with Crippen molar-refractivity contribution in [2.24, 2.45) is 11.7 Å². The lowest BCUT2D eigenvalue weighted by Crippen LogP contribution is -2.47. The van der Waals surface area contributed by atoms with Crippen LogP contribution >= 0.6 is 0 Å². The summed E-state index contributed by atoms with van der Waals surface area (Å²) >= 11 is 0. The highest BCUT2D eigenvalue weighted by molar-refractivity contribution is 7.89. The topological polar surface area (TPSA) is 116 Å². The molecule has 2 atom stereocenters. The zero-order valence-electron chi connectivity index (χ0n) is 14.5. The zero-order chi connectivity index (χ0) is 18.7. The van der Waals surface area contributed by atoms with Crippen LogP contribution in [0.5, 0.6) is 0 Å². The van der Waals surface area contributed by atoms with Gasteiger partial charge in [0.2, 0.25) is 10.0 Å². The Morgan fingerprint density at radius 2 is 1.71 bits per heavy atom. The van der Waals surface area contributed by atoms with Gasteiger partial charge in [-0.15, -0.1) is 0 Å². The van der Waals surface area contributed by atoms with Crippen LogP contribution in [0.4, 0.5) is 0 Å². The summed E-state index contributed by atoms with van der Waals surface area (Å²) in [6.07, 6.45) is -1.13. The van der Waals surface area contributed by atoms with Crippen molar-refractivity contribution < 1.29 is 22.7 Å². The zero-order valence-corrected chi connectivity index (χ0v) is 15.3. The second-order valence-corrected chi connectivity index (χ2v) is 7.78. The average molecular weight is 356 g/mol. The molecule has 0 radical (unpaired) electrons. The fraction of sp³-hybridized carbons (Fsp3) is 0.500. The number of aryl methyl sites for hydroxylation is 2. The van der Waals surface area contributed by atoms with Crippen molar-refractivity contribution in [3.8, 4) is 0 Å². The number of hydrogen-bond donors (Lipinski definition) is 2. The molecule has 1 aromatic carbocycles. The highest BCUT2D eigenvalue weighted by Crippen LogP contribution is 2.17. The Hall–Kier alpha value is -1.93. The number of sulfonamides is 1. The molecule has 0 aromatic heterocycles. The molecule has 24 heavy (non-hydrogen) atoms. The molecule has 0 spiro atoms. The number of hydrogen-bond acceptors (Lipinski definition) is 5. The van der Waals surface area contributed by atoms with Crippen molar-refractivity contribution in [1.82, 2.24) is 4.72 Å². The first-order valence-corrected chi connectivity index (χ1v) is 9.03. The van der Waals surface area contributed by atoms with Crippen molar-refractivity contribution >= 4 is 21.9 Å². The van der Waals surface area contributed by atoms with Crippen molar-refractivity contribution in [3.63, 3.8) is 0 Å². The van der Waals surface area contributed by atoms with Gasteiger partial charge in [-0.2, -0.15) is 4.72 Å². The number of amides is 1. The average Bonchev–Trinajstić information content (AvgIpc) is 2.46. The minimum absolute atomic E-state index is 0.0620. The van der Waals surface area contributed by atoms with Crippen LogP contribution in [0, 0.1) is 19.8 Å². The van der Waals surface area contributed by atoms with E-state index < -0.39 is 34.0 Å². The van der Waals surface area contributed by atoms with E-state index in [9.17, 15) is 18.0 Å². The number of ether oxygens (including phenoxy) is 1. The molecule has 0 saturated carbocycles. The van der Waals surface area contributed by atoms with E-state index in [0.29, 0.717) is 0 Å². The Kier molecular flexibility index (Phi) is 6.50. The molecule has 0 aliphatic carbocycles. The monoisotopic (exact) mass is 356 g/mol. The van der Waals surface area contributed by atoms with Gasteiger partial charge in [-0.1, -0.05) is 19.9 Å². The quantitative estimate of drug-likeness (QED) is 0.708. The molecule has 0 aliphatic heterocycles. The van der Waals surface area contributed by atoms with Gasteiger partial charge in [0.05, 0.1) is 4.90 Å². The van der Waals surface area contributed by atoms with Crippen LogP contribution in [0.2, 0.25) is 0 Å². The predicted molar refractivity (Wildman–Crippen MR) is 89.6 cm³/mol. The van der Waals surface area contributed by atoms with Crippen molar-refractivity contribution in [2.45, 2.75) is 51.7 Å². The summed E-state index contributed by atoms with van der Waals surface area (Å²) in [5.74, 6) is -2.02. The lowest BCUT2D eigenvalue weighted by molar-refractivity contribution is -0.156. The molecule has 0 unspecified atom stereocenters. The van der Waals surface area contributed by atoms with E-state index in [1.807, 2.05) is 6.92 Å². The molecule has 134 valence electrons. The maximum absolute atomic E-state index is 12.5. The summed E-state index contributed by atoms with van der Waals surface area (Å²) in [6, 6.07) is 3.58. The minimum Gasteiger partial charge on any atom is -0.451 e. The van der Waals surface area contributed by atoms with Gasteiger partial charge in [-0.25, -0.2) is 8.42 Å². The van der Waals surface area contributed by atoms with Crippen molar-refractivity contribution in [1.29, 1.82) is 0 Å². The van der Waals surface area contributed by atoms with Crippen LogP contribution in [0.1, 0.15) is 31.9 Å². The molecule has 1 rings (SSSR count). The smallest absolute Gasteiger partial charge is 0.325 e. The van der Waals surface area contributed by atoms with Gasteiger partial charge < -0.3 is 10.5 Å². The van der Waals surface area contributed by atoms with E-state index in [4.69, 9.17) is 10.5 Å². The highest BCUT2D eigenvalue weighted by atomic mass is 32.2. The fourth-order valence-corrected chi connectivity index (χ4v) is 3.30. The van der Waals surface area contributed by atoms with Gasteiger partial charge in [-0.05, 0) is 49.9 Å². The predicted octanol–water partition coefficient (Wildman–Crippen LogP) is 1.02. The van der Waals surface area contributed by atoms with E-state index in [1.54, 1.807) is 26.8 Å². The van der Waals surface area contributed by atoms with Gasteiger partial charge in [0.1, 0.15) is 6.04 Å². The van der Waals surface area contributed by atoms with Crippen LogP contribution in [0.3, 0.4) is 0 Å². The molecular weight excluding hydrogens is 332 g/mol. The van der Waals surface area contributed by atoms with E-state index >= 15 is 0 Å². The Balaban J connectivity index is 3.04. The van der Waals surface area contributed by atoms with E-state index in [-0.39, 0.29) is 10.8 Å². The maximum Gasteiger partial charge on any atom is 0.325 e. The number of carbonyl (C=O) groups is 2. The van der Waals surface area contributed by atoms with E-state index in [2.05, 4.69) is 4.72 Å². The Morgan fingerprint density at radius 1 is 1.12 bits per heavy atom. The SMILES string of the molecule is Cc1ccc(S(=O)(=O)N[C@@H](C(=O)O[C@@H](C)C(N)=O)C(C)C)cc1C. The third-order valence-corrected chi connectivity index (χ3v) is 5.12. The van der Waals surface area contributed by atoms with Gasteiger partial charge >= 0.3 is 5.97 Å². The van der Waals surface area contributed by atoms with Crippen LogP contribution in [0.15, 0.2) is 23.1 Å². The number of primary amides is 1. The Morgan fingerprint density at radius 3 is 2.17 bits per heavy atom. The summed E-state index contributed by atoms with van der Waals surface area (Å²) in [7, 11) is -3.91. The maximum atomic E-state index is 12.5. The molecule has 1 amide bonds. The molecule has 0 fully saturated rings. The standard InChI is InChI=1S/C16H24N2O5S/c1-9(2)14(16(20)23-12(5)15(17)19)18-24(21,22)13-7-6-10(3)11(4)8-13/h6-9,12,14,18H,1-5H3,(H2,17,19)/t12-,14+/m0/s1. The number of nitrogens with one attached hydrogen (secondary N) is 1. The summed E-state index contributed by atoms with van der Waals surface area (Å²) in [6.45, 7) is 8.35. The molecular formula is C16H24N2O5S. The molecule has 0 bridgehead atoms. The van der Waals surface area contributed by atoms with Gasteiger partial charge in [0, 0.05) is 0 Å². The van der Waals surface area contributed by atoms with Crippen LogP contribution < -0.4 is 10.5 Å².